The van der Waals surface area contributed by atoms with E-state index >= 15 is 0 Å². The second kappa shape index (κ2) is 8.85. The van der Waals surface area contributed by atoms with Crippen LogP contribution in [-0.2, 0) is 29.0 Å². The highest BCUT2D eigenvalue weighted by atomic mass is 35.5. The molecule has 1 aromatic heterocycles. The van der Waals surface area contributed by atoms with Gasteiger partial charge in [-0.05, 0) is 29.3 Å². The number of hydrogen-bond acceptors (Lipinski definition) is 6. The summed E-state index contributed by atoms with van der Waals surface area (Å²) in [5.41, 5.74) is 9.30. The van der Waals surface area contributed by atoms with Crippen LogP contribution in [0.5, 0.6) is 0 Å². The fourth-order valence-electron chi connectivity index (χ4n) is 3.11. The molecule has 3 N–H and O–H groups in total. The fourth-order valence-corrected chi connectivity index (χ4v) is 3.11. The number of nitrogens with one attached hydrogen (secondary N) is 1. The number of amides is 1. The number of halogens is 1. The zero-order valence-corrected chi connectivity index (χ0v) is 16.3. The van der Waals surface area contributed by atoms with E-state index in [1.54, 1.807) is 23.0 Å². The molecule has 2 aromatic carbocycles. The molecule has 0 saturated carbocycles. The van der Waals surface area contributed by atoms with Crippen LogP contribution in [0.3, 0.4) is 0 Å². The monoisotopic (exact) mass is 413 g/mol. The van der Waals surface area contributed by atoms with Crippen LogP contribution in [0, 0.1) is 0 Å². The van der Waals surface area contributed by atoms with E-state index in [1.807, 2.05) is 36.4 Å². The molecule has 8 nitrogen and oxygen atoms in total. The highest BCUT2D eigenvalue weighted by Gasteiger charge is 2.30. The molecule has 9 heteroatoms. The van der Waals surface area contributed by atoms with Crippen LogP contribution >= 0.6 is 12.4 Å². The Kier molecular flexibility index (Phi) is 6.26. The van der Waals surface area contributed by atoms with Crippen LogP contribution < -0.4 is 11.1 Å². The topological polar surface area (TPSA) is 112 Å². The fraction of sp³-hybridized carbons (Fsp3) is 0.200. The molecule has 1 aliphatic heterocycles. The molecule has 150 valence electrons. The highest BCUT2D eigenvalue weighted by molar-refractivity contribution is 5.95. The summed E-state index contributed by atoms with van der Waals surface area (Å²) >= 11 is 0. The van der Waals surface area contributed by atoms with Gasteiger partial charge < -0.3 is 15.8 Å². The van der Waals surface area contributed by atoms with Gasteiger partial charge in [-0.2, -0.15) is 0 Å². The summed E-state index contributed by atoms with van der Waals surface area (Å²) in [6, 6.07) is 14.7. The number of rotatable bonds is 5. The number of esters is 1. The number of carbonyl (C=O) groups is 2. The van der Waals surface area contributed by atoms with Gasteiger partial charge in [-0.15, -0.1) is 17.5 Å². The largest absolute Gasteiger partial charge is 0.448 e. The van der Waals surface area contributed by atoms with Crippen molar-refractivity contribution in [2.75, 3.05) is 0 Å². The first-order valence-corrected chi connectivity index (χ1v) is 8.91. The number of aromatic nitrogens is 3. The van der Waals surface area contributed by atoms with Gasteiger partial charge in [-0.25, -0.2) is 9.48 Å². The predicted octanol–water partition coefficient (Wildman–Crippen LogP) is 1.55. The number of cyclic esters (lactones) is 1. The van der Waals surface area contributed by atoms with Crippen molar-refractivity contribution >= 4 is 24.3 Å². The van der Waals surface area contributed by atoms with E-state index in [-0.39, 0.29) is 18.3 Å². The number of ether oxygens (including phenoxy) is 1. The van der Waals surface area contributed by atoms with Crippen LogP contribution in [0.15, 0.2) is 54.7 Å². The molecule has 1 atom stereocenters. The van der Waals surface area contributed by atoms with Gasteiger partial charge in [-0.1, -0.05) is 35.5 Å². The Labute approximate surface area is 173 Å². The Morgan fingerprint density at radius 2 is 2.07 bits per heavy atom. The van der Waals surface area contributed by atoms with Gasteiger partial charge in [0.05, 0.1) is 23.1 Å². The van der Waals surface area contributed by atoms with Gasteiger partial charge in [-0.3, -0.25) is 4.79 Å². The lowest BCUT2D eigenvalue weighted by Gasteiger charge is -2.23. The summed E-state index contributed by atoms with van der Waals surface area (Å²) in [6.45, 7) is 0.625. The zero-order chi connectivity index (χ0) is 19.5. The van der Waals surface area contributed by atoms with Gasteiger partial charge in [0.1, 0.15) is 0 Å². The first-order chi connectivity index (χ1) is 13.6. The number of benzene rings is 2. The summed E-state index contributed by atoms with van der Waals surface area (Å²) in [4.78, 5) is 24.6. The zero-order valence-electron chi connectivity index (χ0n) is 15.4. The number of nitrogens with two attached hydrogens (primary N) is 1. The quantitative estimate of drug-likeness (QED) is 0.614. The molecule has 0 aliphatic carbocycles. The lowest BCUT2D eigenvalue weighted by atomic mass is 9.98. The molecule has 0 saturated heterocycles. The molecule has 0 spiro atoms. The molecular weight excluding hydrogens is 394 g/mol. The van der Waals surface area contributed by atoms with Crippen LogP contribution in [-0.4, -0.2) is 33.0 Å². The molecule has 1 unspecified atom stereocenters. The average Bonchev–Trinajstić information content (AvgIpc) is 3.21. The SMILES string of the molecule is Cl.NCc1cn(-c2cccc(CNC(=O)C3Cc4ccccc4C(=O)O3)c2)nn1. The van der Waals surface area contributed by atoms with Crippen LogP contribution in [0.4, 0.5) is 0 Å². The average molecular weight is 414 g/mol. The number of hydrogen-bond donors (Lipinski definition) is 2. The number of carbonyl (C=O) groups excluding carboxylic acids is 2. The van der Waals surface area contributed by atoms with Crippen LogP contribution in [0.2, 0.25) is 0 Å². The van der Waals surface area contributed by atoms with E-state index < -0.39 is 12.1 Å². The lowest BCUT2D eigenvalue weighted by Crippen LogP contribution is -2.41. The van der Waals surface area contributed by atoms with Crippen molar-refractivity contribution in [1.82, 2.24) is 20.3 Å². The maximum atomic E-state index is 12.5. The van der Waals surface area contributed by atoms with Crippen molar-refractivity contribution < 1.29 is 14.3 Å². The minimum Gasteiger partial charge on any atom is -0.448 e. The molecule has 29 heavy (non-hydrogen) atoms. The molecule has 4 rings (SSSR count). The summed E-state index contributed by atoms with van der Waals surface area (Å²) in [6.07, 6.45) is 1.30. The van der Waals surface area contributed by atoms with E-state index in [4.69, 9.17) is 10.5 Å². The Bertz CT molecular complexity index is 1040. The van der Waals surface area contributed by atoms with Crippen LogP contribution in [0.1, 0.15) is 27.2 Å². The van der Waals surface area contributed by atoms with E-state index in [0.717, 1.165) is 16.8 Å². The first-order valence-electron chi connectivity index (χ1n) is 8.91. The van der Waals surface area contributed by atoms with Gasteiger partial charge >= 0.3 is 5.97 Å². The minimum atomic E-state index is -0.826. The summed E-state index contributed by atoms with van der Waals surface area (Å²) < 4.78 is 6.92. The molecule has 2 heterocycles. The molecule has 1 amide bonds. The summed E-state index contributed by atoms with van der Waals surface area (Å²) in [5, 5.41) is 10.8. The van der Waals surface area contributed by atoms with Crippen LogP contribution in [0.25, 0.3) is 5.69 Å². The van der Waals surface area contributed by atoms with E-state index in [1.165, 1.54) is 0 Å². The van der Waals surface area contributed by atoms with Crippen molar-refractivity contribution in [2.24, 2.45) is 5.73 Å². The van der Waals surface area contributed by atoms with Gasteiger partial charge in [0, 0.05) is 19.5 Å². The van der Waals surface area contributed by atoms with Crippen molar-refractivity contribution in [3.05, 3.63) is 77.1 Å². The van der Waals surface area contributed by atoms with E-state index in [2.05, 4.69) is 15.6 Å². The maximum absolute atomic E-state index is 12.5. The van der Waals surface area contributed by atoms with Crippen molar-refractivity contribution in [2.45, 2.75) is 25.6 Å². The highest BCUT2D eigenvalue weighted by Crippen LogP contribution is 2.20. The van der Waals surface area contributed by atoms with Gasteiger partial charge in [0.15, 0.2) is 6.10 Å². The molecule has 0 bridgehead atoms. The van der Waals surface area contributed by atoms with Crippen molar-refractivity contribution in [3.8, 4) is 5.69 Å². The Balaban J connectivity index is 0.00000240. The third-order valence-electron chi connectivity index (χ3n) is 4.58. The Morgan fingerprint density at radius 3 is 2.86 bits per heavy atom. The Hall–Kier alpha value is -3.23. The maximum Gasteiger partial charge on any atom is 0.339 e. The van der Waals surface area contributed by atoms with Crippen molar-refractivity contribution in [1.29, 1.82) is 0 Å². The van der Waals surface area contributed by atoms with Gasteiger partial charge in [0.25, 0.3) is 5.91 Å². The lowest BCUT2D eigenvalue weighted by molar-refractivity contribution is -0.130. The molecular formula is C20H20ClN5O3. The standard InChI is InChI=1S/C20H19N5O3.ClH/c21-10-15-12-25(24-23-15)16-6-3-4-13(8-16)11-22-19(26)18-9-14-5-1-2-7-17(14)20(27)28-18;/h1-8,12,18H,9-11,21H2,(H,22,26);1H. The molecule has 0 fully saturated rings. The summed E-state index contributed by atoms with van der Waals surface area (Å²) in [5.74, 6) is -0.787. The Morgan fingerprint density at radius 1 is 1.24 bits per heavy atom. The van der Waals surface area contributed by atoms with E-state index in [9.17, 15) is 9.59 Å². The molecule has 1 aliphatic rings. The molecule has 3 aromatic rings. The second-order valence-electron chi connectivity index (χ2n) is 6.50. The second-order valence-corrected chi connectivity index (χ2v) is 6.50. The number of nitrogens with zero attached hydrogens (tertiary/aromatic N) is 3. The first kappa shape index (κ1) is 20.5. The summed E-state index contributed by atoms with van der Waals surface area (Å²) in [7, 11) is 0. The minimum absolute atomic E-state index is 0. The van der Waals surface area contributed by atoms with Gasteiger partial charge in [0.2, 0.25) is 0 Å². The normalized spacial score (nSPS) is 15.1. The predicted molar refractivity (Wildman–Crippen MR) is 108 cm³/mol. The molecule has 0 radical (unpaired) electrons. The van der Waals surface area contributed by atoms with E-state index in [0.29, 0.717) is 30.8 Å². The third kappa shape index (κ3) is 4.44. The smallest absolute Gasteiger partial charge is 0.339 e. The number of fused-ring (bicyclic) bond motifs is 1. The third-order valence-corrected chi connectivity index (χ3v) is 4.58. The van der Waals surface area contributed by atoms with Crippen molar-refractivity contribution in [3.63, 3.8) is 0 Å².